The molecular formula is C16H26N2O. The van der Waals surface area contributed by atoms with Crippen molar-refractivity contribution in [2.75, 3.05) is 33.3 Å². The van der Waals surface area contributed by atoms with Crippen LogP contribution in [0.1, 0.15) is 37.8 Å². The minimum absolute atomic E-state index is 0.411. The lowest BCUT2D eigenvalue weighted by Gasteiger charge is -2.30. The Balaban J connectivity index is 1.95. The lowest BCUT2D eigenvalue weighted by atomic mass is 10.0. The van der Waals surface area contributed by atoms with Crippen molar-refractivity contribution in [1.82, 2.24) is 10.2 Å². The zero-order valence-electron chi connectivity index (χ0n) is 12.2. The summed E-state index contributed by atoms with van der Waals surface area (Å²) >= 11 is 0. The van der Waals surface area contributed by atoms with E-state index >= 15 is 0 Å². The fourth-order valence-electron chi connectivity index (χ4n) is 2.73. The third-order valence-electron chi connectivity index (χ3n) is 3.83. The molecule has 0 aliphatic carbocycles. The summed E-state index contributed by atoms with van der Waals surface area (Å²) in [7, 11) is 2.05. The lowest BCUT2D eigenvalue weighted by molar-refractivity contribution is 0.208. The minimum Gasteiger partial charge on any atom is -0.494 e. The summed E-state index contributed by atoms with van der Waals surface area (Å²) in [6, 6.07) is 8.90. The summed E-state index contributed by atoms with van der Waals surface area (Å²) in [5, 5.41) is 3.43. The second kappa shape index (κ2) is 7.51. The molecule has 0 spiro atoms. The first-order chi connectivity index (χ1) is 9.33. The zero-order chi connectivity index (χ0) is 13.5. The Morgan fingerprint density at radius 1 is 1.16 bits per heavy atom. The molecule has 1 aromatic rings. The molecule has 0 bridgehead atoms. The van der Waals surface area contributed by atoms with Crippen LogP contribution in [0.5, 0.6) is 5.75 Å². The van der Waals surface area contributed by atoms with Crippen LogP contribution < -0.4 is 10.1 Å². The maximum absolute atomic E-state index is 5.49. The first-order valence-electron chi connectivity index (χ1n) is 7.46. The second-order valence-electron chi connectivity index (χ2n) is 5.20. The van der Waals surface area contributed by atoms with E-state index in [4.69, 9.17) is 4.74 Å². The summed E-state index contributed by atoms with van der Waals surface area (Å²) in [6.45, 7) is 6.33. The van der Waals surface area contributed by atoms with Crippen molar-refractivity contribution in [3.05, 3.63) is 29.8 Å². The molecule has 0 radical (unpaired) electrons. The molecule has 1 heterocycles. The number of nitrogens with one attached hydrogen (secondary N) is 1. The van der Waals surface area contributed by atoms with Crippen molar-refractivity contribution >= 4 is 0 Å². The van der Waals surface area contributed by atoms with Crippen LogP contribution in [0.15, 0.2) is 24.3 Å². The molecule has 2 rings (SSSR count). The average Bonchev–Trinajstić information content (AvgIpc) is 2.47. The summed E-state index contributed by atoms with van der Waals surface area (Å²) in [5.41, 5.74) is 1.34. The number of hydrogen-bond donors (Lipinski definition) is 1. The number of piperidine rings is 1. The van der Waals surface area contributed by atoms with Crippen LogP contribution in [0.25, 0.3) is 0 Å². The van der Waals surface area contributed by atoms with Crippen molar-refractivity contribution in [2.45, 2.75) is 32.2 Å². The highest BCUT2D eigenvalue weighted by Gasteiger charge is 2.16. The van der Waals surface area contributed by atoms with Crippen LogP contribution in [-0.2, 0) is 0 Å². The highest BCUT2D eigenvalue weighted by Crippen LogP contribution is 2.20. The lowest BCUT2D eigenvalue weighted by Crippen LogP contribution is -2.37. The van der Waals surface area contributed by atoms with E-state index in [0.717, 1.165) is 18.9 Å². The summed E-state index contributed by atoms with van der Waals surface area (Å²) in [6.07, 6.45) is 4.09. The zero-order valence-corrected chi connectivity index (χ0v) is 12.2. The monoisotopic (exact) mass is 262 g/mol. The van der Waals surface area contributed by atoms with Crippen molar-refractivity contribution in [3.63, 3.8) is 0 Å². The van der Waals surface area contributed by atoms with E-state index in [1.807, 2.05) is 14.0 Å². The third-order valence-corrected chi connectivity index (χ3v) is 3.83. The van der Waals surface area contributed by atoms with Gasteiger partial charge in [0.25, 0.3) is 0 Å². The van der Waals surface area contributed by atoms with Gasteiger partial charge in [0, 0.05) is 12.6 Å². The molecule has 1 N–H and O–H groups in total. The Kier molecular flexibility index (Phi) is 5.67. The molecule has 1 unspecified atom stereocenters. The largest absolute Gasteiger partial charge is 0.494 e. The Labute approximate surface area is 116 Å². The van der Waals surface area contributed by atoms with E-state index in [0.29, 0.717) is 6.04 Å². The van der Waals surface area contributed by atoms with E-state index in [2.05, 4.69) is 34.5 Å². The van der Waals surface area contributed by atoms with Gasteiger partial charge in [0.15, 0.2) is 0 Å². The van der Waals surface area contributed by atoms with Gasteiger partial charge in [-0.2, -0.15) is 0 Å². The van der Waals surface area contributed by atoms with Gasteiger partial charge in [-0.1, -0.05) is 18.6 Å². The van der Waals surface area contributed by atoms with Gasteiger partial charge in [-0.25, -0.2) is 0 Å². The first kappa shape index (κ1) is 14.4. The Morgan fingerprint density at radius 3 is 2.42 bits per heavy atom. The standard InChI is InChI=1S/C16H26N2O/c1-3-19-15-9-7-14(8-10-15)16(17-2)13-18-11-5-4-6-12-18/h7-10,16-17H,3-6,11-13H2,1-2H3. The van der Waals surface area contributed by atoms with E-state index in [1.165, 1.54) is 37.9 Å². The predicted octanol–water partition coefficient (Wildman–Crippen LogP) is 2.83. The molecule has 3 nitrogen and oxygen atoms in total. The van der Waals surface area contributed by atoms with Crippen molar-refractivity contribution in [3.8, 4) is 5.75 Å². The molecule has 3 heteroatoms. The Morgan fingerprint density at radius 2 is 1.84 bits per heavy atom. The molecule has 1 aromatic carbocycles. The second-order valence-corrected chi connectivity index (χ2v) is 5.20. The molecular weight excluding hydrogens is 236 g/mol. The molecule has 0 amide bonds. The van der Waals surface area contributed by atoms with Crippen molar-refractivity contribution in [2.24, 2.45) is 0 Å². The third kappa shape index (κ3) is 4.22. The number of rotatable bonds is 6. The van der Waals surface area contributed by atoms with E-state index in [1.54, 1.807) is 0 Å². The molecule has 1 aliphatic heterocycles. The summed E-state index contributed by atoms with van der Waals surface area (Å²) in [5.74, 6) is 0.957. The normalized spacial score (nSPS) is 18.2. The number of likely N-dealkylation sites (tertiary alicyclic amines) is 1. The molecule has 1 atom stereocenters. The van der Waals surface area contributed by atoms with E-state index < -0.39 is 0 Å². The molecule has 0 aromatic heterocycles. The van der Waals surface area contributed by atoms with Gasteiger partial charge in [0.05, 0.1) is 6.61 Å². The Hall–Kier alpha value is -1.06. The van der Waals surface area contributed by atoms with Gasteiger partial charge in [-0.05, 0) is 57.6 Å². The van der Waals surface area contributed by atoms with Gasteiger partial charge in [0.2, 0.25) is 0 Å². The predicted molar refractivity (Wildman–Crippen MR) is 79.7 cm³/mol. The summed E-state index contributed by atoms with van der Waals surface area (Å²) in [4.78, 5) is 2.57. The number of ether oxygens (including phenoxy) is 1. The van der Waals surface area contributed by atoms with Gasteiger partial charge >= 0.3 is 0 Å². The fourth-order valence-corrected chi connectivity index (χ4v) is 2.73. The summed E-state index contributed by atoms with van der Waals surface area (Å²) < 4.78 is 5.49. The van der Waals surface area contributed by atoms with Crippen molar-refractivity contribution < 1.29 is 4.74 Å². The molecule has 1 saturated heterocycles. The van der Waals surface area contributed by atoms with Crippen LogP contribution in [0.3, 0.4) is 0 Å². The number of benzene rings is 1. The van der Waals surface area contributed by atoms with Gasteiger partial charge in [-0.3, -0.25) is 0 Å². The SMILES string of the molecule is CCOc1ccc(C(CN2CCCCC2)NC)cc1. The Bertz CT molecular complexity index is 358. The van der Waals surface area contributed by atoms with Crippen LogP contribution in [-0.4, -0.2) is 38.2 Å². The van der Waals surface area contributed by atoms with Gasteiger partial charge in [0.1, 0.15) is 5.75 Å². The molecule has 1 aliphatic rings. The number of nitrogens with zero attached hydrogens (tertiary/aromatic N) is 1. The molecule has 19 heavy (non-hydrogen) atoms. The highest BCUT2D eigenvalue weighted by atomic mass is 16.5. The van der Waals surface area contributed by atoms with Crippen LogP contribution in [0, 0.1) is 0 Å². The van der Waals surface area contributed by atoms with Crippen LogP contribution in [0.2, 0.25) is 0 Å². The molecule has 106 valence electrons. The van der Waals surface area contributed by atoms with Crippen LogP contribution in [0.4, 0.5) is 0 Å². The number of likely N-dealkylation sites (N-methyl/N-ethyl adjacent to an activating group) is 1. The maximum atomic E-state index is 5.49. The maximum Gasteiger partial charge on any atom is 0.119 e. The first-order valence-corrected chi connectivity index (χ1v) is 7.46. The quantitative estimate of drug-likeness (QED) is 0.853. The average molecular weight is 262 g/mol. The smallest absolute Gasteiger partial charge is 0.119 e. The van der Waals surface area contributed by atoms with E-state index in [-0.39, 0.29) is 0 Å². The fraction of sp³-hybridized carbons (Fsp3) is 0.625. The van der Waals surface area contributed by atoms with Gasteiger partial charge < -0.3 is 15.0 Å². The highest BCUT2D eigenvalue weighted by molar-refractivity contribution is 5.29. The number of hydrogen-bond acceptors (Lipinski definition) is 3. The molecule has 0 saturated carbocycles. The molecule has 1 fully saturated rings. The minimum atomic E-state index is 0.411. The van der Waals surface area contributed by atoms with E-state index in [9.17, 15) is 0 Å². The van der Waals surface area contributed by atoms with Crippen molar-refractivity contribution in [1.29, 1.82) is 0 Å². The van der Waals surface area contributed by atoms with Crippen LogP contribution >= 0.6 is 0 Å². The van der Waals surface area contributed by atoms with Gasteiger partial charge in [-0.15, -0.1) is 0 Å². The topological polar surface area (TPSA) is 24.5 Å².